The molecule has 1 heterocycles. The second-order valence-electron chi connectivity index (χ2n) is 5.22. The standard InChI is InChI=1S/C15H18N2O2/c18-14(10-9-11-5-1-2-6-11)17-15-16-12-7-3-4-8-13(12)19-15/h3-4,7-8,11H,1-2,5-6,9-10H2,(H,16,17,18). The van der Waals surface area contributed by atoms with Crippen molar-refractivity contribution in [3.63, 3.8) is 0 Å². The van der Waals surface area contributed by atoms with Gasteiger partial charge in [0, 0.05) is 6.42 Å². The highest BCUT2D eigenvalue weighted by atomic mass is 16.4. The van der Waals surface area contributed by atoms with Gasteiger partial charge < -0.3 is 4.42 Å². The van der Waals surface area contributed by atoms with Crippen molar-refractivity contribution in [2.75, 3.05) is 5.32 Å². The minimum Gasteiger partial charge on any atom is -0.423 e. The largest absolute Gasteiger partial charge is 0.423 e. The number of anilines is 1. The van der Waals surface area contributed by atoms with Gasteiger partial charge in [-0.2, -0.15) is 4.98 Å². The summed E-state index contributed by atoms with van der Waals surface area (Å²) in [5.74, 6) is 0.729. The quantitative estimate of drug-likeness (QED) is 0.908. The Balaban J connectivity index is 1.56. The van der Waals surface area contributed by atoms with Crippen LogP contribution in [0.1, 0.15) is 38.5 Å². The maximum absolute atomic E-state index is 11.8. The van der Waals surface area contributed by atoms with E-state index in [4.69, 9.17) is 4.42 Å². The van der Waals surface area contributed by atoms with Crippen molar-refractivity contribution in [3.05, 3.63) is 24.3 Å². The number of oxazole rings is 1. The highest BCUT2D eigenvalue weighted by Crippen LogP contribution is 2.28. The van der Waals surface area contributed by atoms with E-state index >= 15 is 0 Å². The van der Waals surface area contributed by atoms with Crippen LogP contribution in [0.2, 0.25) is 0 Å². The molecule has 2 aromatic rings. The molecule has 1 aromatic carbocycles. The number of amides is 1. The van der Waals surface area contributed by atoms with Crippen molar-refractivity contribution >= 4 is 23.0 Å². The fourth-order valence-electron chi connectivity index (χ4n) is 2.74. The second-order valence-corrected chi connectivity index (χ2v) is 5.22. The first-order valence-electron chi connectivity index (χ1n) is 6.97. The minimum absolute atomic E-state index is 0.00143. The molecule has 1 saturated carbocycles. The molecule has 0 saturated heterocycles. The molecule has 1 fully saturated rings. The van der Waals surface area contributed by atoms with Crippen LogP contribution in [0.4, 0.5) is 6.01 Å². The van der Waals surface area contributed by atoms with Gasteiger partial charge in [0.1, 0.15) is 5.52 Å². The number of nitrogens with zero attached hydrogens (tertiary/aromatic N) is 1. The van der Waals surface area contributed by atoms with Crippen LogP contribution in [0.15, 0.2) is 28.7 Å². The number of aromatic nitrogens is 1. The van der Waals surface area contributed by atoms with Gasteiger partial charge in [0.2, 0.25) is 5.91 Å². The third-order valence-corrected chi connectivity index (χ3v) is 3.79. The molecule has 0 bridgehead atoms. The van der Waals surface area contributed by atoms with Crippen LogP contribution in [0, 0.1) is 5.92 Å². The van der Waals surface area contributed by atoms with Crippen molar-refractivity contribution in [2.24, 2.45) is 5.92 Å². The minimum atomic E-state index is -0.00143. The maximum atomic E-state index is 11.8. The number of carbonyl (C=O) groups is 1. The third kappa shape index (κ3) is 2.95. The van der Waals surface area contributed by atoms with Crippen LogP contribution < -0.4 is 5.32 Å². The molecule has 0 radical (unpaired) electrons. The summed E-state index contributed by atoms with van der Waals surface area (Å²) in [5, 5.41) is 2.74. The van der Waals surface area contributed by atoms with E-state index in [9.17, 15) is 4.79 Å². The van der Waals surface area contributed by atoms with E-state index in [-0.39, 0.29) is 5.91 Å². The number of benzene rings is 1. The van der Waals surface area contributed by atoms with Crippen molar-refractivity contribution in [2.45, 2.75) is 38.5 Å². The zero-order valence-electron chi connectivity index (χ0n) is 10.9. The van der Waals surface area contributed by atoms with Gasteiger partial charge in [-0.15, -0.1) is 0 Å². The maximum Gasteiger partial charge on any atom is 0.302 e. The SMILES string of the molecule is O=C(CCC1CCCC1)Nc1nc2ccccc2o1. The van der Waals surface area contributed by atoms with E-state index in [2.05, 4.69) is 10.3 Å². The first-order valence-corrected chi connectivity index (χ1v) is 6.97. The van der Waals surface area contributed by atoms with Crippen LogP contribution in [0.5, 0.6) is 0 Å². The molecule has 1 aliphatic carbocycles. The Morgan fingerprint density at radius 2 is 2.11 bits per heavy atom. The molecular weight excluding hydrogens is 240 g/mol. The Morgan fingerprint density at radius 3 is 2.89 bits per heavy atom. The molecule has 1 aromatic heterocycles. The molecule has 4 heteroatoms. The average Bonchev–Trinajstić information content (AvgIpc) is 3.04. The Morgan fingerprint density at radius 1 is 1.32 bits per heavy atom. The number of carbonyl (C=O) groups excluding carboxylic acids is 1. The predicted molar refractivity (Wildman–Crippen MR) is 73.8 cm³/mol. The Kier molecular flexibility index (Phi) is 3.49. The van der Waals surface area contributed by atoms with Crippen LogP contribution in [-0.2, 0) is 4.79 Å². The molecule has 3 rings (SSSR count). The molecule has 19 heavy (non-hydrogen) atoms. The Labute approximate surface area is 112 Å². The number of rotatable bonds is 4. The number of hydrogen-bond acceptors (Lipinski definition) is 3. The van der Waals surface area contributed by atoms with Crippen LogP contribution in [0.3, 0.4) is 0 Å². The summed E-state index contributed by atoms with van der Waals surface area (Å²) < 4.78 is 5.47. The average molecular weight is 258 g/mol. The molecule has 0 aliphatic heterocycles. The van der Waals surface area contributed by atoms with Gasteiger partial charge in [0.15, 0.2) is 5.58 Å². The van der Waals surface area contributed by atoms with Crippen LogP contribution >= 0.6 is 0 Å². The van der Waals surface area contributed by atoms with Crippen molar-refractivity contribution in [1.29, 1.82) is 0 Å². The second kappa shape index (κ2) is 5.43. The fraction of sp³-hybridized carbons (Fsp3) is 0.467. The number of hydrogen-bond donors (Lipinski definition) is 1. The zero-order chi connectivity index (χ0) is 13.1. The molecule has 1 aliphatic rings. The van der Waals surface area contributed by atoms with E-state index in [1.165, 1.54) is 25.7 Å². The molecule has 1 N–H and O–H groups in total. The van der Waals surface area contributed by atoms with E-state index in [1.807, 2.05) is 24.3 Å². The number of nitrogens with one attached hydrogen (secondary N) is 1. The van der Waals surface area contributed by atoms with E-state index < -0.39 is 0 Å². The zero-order valence-corrected chi connectivity index (χ0v) is 10.9. The van der Waals surface area contributed by atoms with Crippen LogP contribution in [-0.4, -0.2) is 10.9 Å². The predicted octanol–water partition coefficient (Wildman–Crippen LogP) is 3.74. The lowest BCUT2D eigenvalue weighted by molar-refractivity contribution is -0.116. The first kappa shape index (κ1) is 12.2. The normalized spacial score (nSPS) is 16.0. The van der Waals surface area contributed by atoms with Crippen molar-refractivity contribution in [3.8, 4) is 0 Å². The van der Waals surface area contributed by atoms with Crippen molar-refractivity contribution < 1.29 is 9.21 Å². The van der Waals surface area contributed by atoms with Gasteiger partial charge in [-0.3, -0.25) is 10.1 Å². The number of para-hydroxylation sites is 2. The Hall–Kier alpha value is -1.84. The van der Waals surface area contributed by atoms with Crippen LogP contribution in [0.25, 0.3) is 11.1 Å². The topological polar surface area (TPSA) is 55.1 Å². The van der Waals surface area contributed by atoms with Gasteiger partial charge in [0.05, 0.1) is 0 Å². The summed E-state index contributed by atoms with van der Waals surface area (Å²) in [4.78, 5) is 16.1. The molecule has 0 spiro atoms. The molecule has 100 valence electrons. The van der Waals surface area contributed by atoms with Gasteiger partial charge in [-0.05, 0) is 24.5 Å². The summed E-state index contributed by atoms with van der Waals surface area (Å²) in [5.41, 5.74) is 1.47. The molecule has 0 atom stereocenters. The van der Waals surface area contributed by atoms with Gasteiger partial charge in [-0.1, -0.05) is 37.8 Å². The smallest absolute Gasteiger partial charge is 0.302 e. The van der Waals surface area contributed by atoms with E-state index in [0.717, 1.165) is 17.9 Å². The monoisotopic (exact) mass is 258 g/mol. The molecular formula is C15H18N2O2. The lowest BCUT2D eigenvalue weighted by Crippen LogP contribution is -2.12. The lowest BCUT2D eigenvalue weighted by Gasteiger charge is -2.07. The van der Waals surface area contributed by atoms with Gasteiger partial charge in [0.25, 0.3) is 0 Å². The molecule has 4 nitrogen and oxygen atoms in total. The fourth-order valence-corrected chi connectivity index (χ4v) is 2.74. The van der Waals surface area contributed by atoms with Crippen molar-refractivity contribution in [1.82, 2.24) is 4.98 Å². The summed E-state index contributed by atoms with van der Waals surface area (Å²) in [6.45, 7) is 0. The van der Waals surface area contributed by atoms with E-state index in [1.54, 1.807) is 0 Å². The highest BCUT2D eigenvalue weighted by Gasteiger charge is 2.17. The summed E-state index contributed by atoms with van der Waals surface area (Å²) in [6.07, 6.45) is 6.72. The lowest BCUT2D eigenvalue weighted by atomic mass is 10.0. The summed E-state index contributed by atoms with van der Waals surface area (Å²) >= 11 is 0. The highest BCUT2D eigenvalue weighted by molar-refractivity contribution is 5.89. The van der Waals surface area contributed by atoms with Gasteiger partial charge in [-0.25, -0.2) is 0 Å². The number of fused-ring (bicyclic) bond motifs is 1. The summed E-state index contributed by atoms with van der Waals surface area (Å²) in [6, 6.07) is 7.80. The molecule has 1 amide bonds. The Bertz CT molecular complexity index is 537. The third-order valence-electron chi connectivity index (χ3n) is 3.79. The van der Waals surface area contributed by atoms with Gasteiger partial charge >= 0.3 is 6.01 Å². The molecule has 0 unspecified atom stereocenters. The van der Waals surface area contributed by atoms with E-state index in [0.29, 0.717) is 18.0 Å². The summed E-state index contributed by atoms with van der Waals surface area (Å²) in [7, 11) is 0. The first-order chi connectivity index (χ1) is 9.31.